The highest BCUT2D eigenvalue weighted by atomic mass is 16.5. The van der Waals surface area contributed by atoms with Crippen molar-refractivity contribution in [1.29, 1.82) is 0 Å². The molecule has 1 heterocycles. The van der Waals surface area contributed by atoms with Crippen LogP contribution in [0.2, 0.25) is 0 Å². The summed E-state index contributed by atoms with van der Waals surface area (Å²) in [6.45, 7) is 2.11. The molecule has 0 unspecified atom stereocenters. The molecule has 0 aliphatic heterocycles. The summed E-state index contributed by atoms with van der Waals surface area (Å²) >= 11 is 0. The number of ether oxygens (including phenoxy) is 1. The van der Waals surface area contributed by atoms with E-state index in [0.29, 0.717) is 23.1 Å². The van der Waals surface area contributed by atoms with Crippen LogP contribution in [0, 0.1) is 0 Å². The molecule has 6 heteroatoms. The Hall–Kier alpha value is -3.28. The molecule has 0 bridgehead atoms. The molecule has 0 atom stereocenters. The number of methoxy groups -OCH3 is 1. The second-order valence-electron chi connectivity index (χ2n) is 5.45. The molecule has 25 heavy (non-hydrogen) atoms. The van der Waals surface area contributed by atoms with Crippen molar-refractivity contribution in [2.45, 2.75) is 13.3 Å². The third-order valence-corrected chi connectivity index (χ3v) is 3.90. The number of aromatic nitrogens is 2. The van der Waals surface area contributed by atoms with Gasteiger partial charge in [0.1, 0.15) is 17.8 Å². The standard InChI is InChI=1S/C19H21N5O/c1-3-13-8-4-5-9-14(13)23-18-17(20)19(22-12-21-18)24-15-10-6-7-11-16(15)25-2/h4-12H,3,20H2,1-2H3,(H2,21,22,23,24). The van der Waals surface area contributed by atoms with Gasteiger partial charge in [-0.25, -0.2) is 9.97 Å². The summed E-state index contributed by atoms with van der Waals surface area (Å²) < 4.78 is 5.35. The third-order valence-electron chi connectivity index (χ3n) is 3.90. The first-order valence-corrected chi connectivity index (χ1v) is 8.08. The fraction of sp³-hybridized carbons (Fsp3) is 0.158. The molecule has 0 amide bonds. The maximum Gasteiger partial charge on any atom is 0.159 e. The number of hydrogen-bond acceptors (Lipinski definition) is 6. The molecular formula is C19H21N5O. The lowest BCUT2D eigenvalue weighted by atomic mass is 10.1. The van der Waals surface area contributed by atoms with Gasteiger partial charge < -0.3 is 21.1 Å². The minimum absolute atomic E-state index is 0.444. The van der Waals surface area contributed by atoms with Gasteiger partial charge >= 0.3 is 0 Å². The number of para-hydroxylation sites is 3. The van der Waals surface area contributed by atoms with E-state index in [9.17, 15) is 0 Å². The minimum atomic E-state index is 0.444. The van der Waals surface area contributed by atoms with Crippen LogP contribution in [0.15, 0.2) is 54.9 Å². The Morgan fingerprint density at radius 1 is 0.920 bits per heavy atom. The van der Waals surface area contributed by atoms with E-state index < -0.39 is 0 Å². The average molecular weight is 335 g/mol. The van der Waals surface area contributed by atoms with Gasteiger partial charge in [0.25, 0.3) is 0 Å². The van der Waals surface area contributed by atoms with E-state index in [0.717, 1.165) is 17.8 Å². The maximum absolute atomic E-state index is 6.27. The largest absolute Gasteiger partial charge is 0.495 e. The summed E-state index contributed by atoms with van der Waals surface area (Å²) in [4.78, 5) is 8.53. The molecule has 4 N–H and O–H groups in total. The predicted molar refractivity (Wildman–Crippen MR) is 102 cm³/mol. The van der Waals surface area contributed by atoms with Gasteiger partial charge in [-0.05, 0) is 30.2 Å². The van der Waals surface area contributed by atoms with Crippen molar-refractivity contribution in [3.63, 3.8) is 0 Å². The molecule has 3 aromatic rings. The summed E-state index contributed by atoms with van der Waals surface area (Å²) in [5.74, 6) is 1.80. The second kappa shape index (κ2) is 7.53. The summed E-state index contributed by atoms with van der Waals surface area (Å²) in [7, 11) is 1.62. The Morgan fingerprint density at radius 3 is 2.20 bits per heavy atom. The van der Waals surface area contributed by atoms with E-state index in [1.165, 1.54) is 11.9 Å². The first kappa shape index (κ1) is 16.6. The molecule has 0 saturated carbocycles. The van der Waals surface area contributed by atoms with E-state index in [2.05, 4.69) is 33.6 Å². The normalized spacial score (nSPS) is 10.3. The van der Waals surface area contributed by atoms with E-state index in [4.69, 9.17) is 10.5 Å². The van der Waals surface area contributed by atoms with Gasteiger partial charge in [0, 0.05) is 5.69 Å². The van der Waals surface area contributed by atoms with Crippen molar-refractivity contribution < 1.29 is 4.74 Å². The number of benzene rings is 2. The summed E-state index contributed by atoms with van der Waals surface area (Å²) in [5, 5.41) is 6.50. The van der Waals surface area contributed by atoms with Crippen molar-refractivity contribution in [2.24, 2.45) is 0 Å². The highest BCUT2D eigenvalue weighted by Crippen LogP contribution is 2.32. The van der Waals surface area contributed by atoms with Crippen LogP contribution in [0.5, 0.6) is 5.75 Å². The highest BCUT2D eigenvalue weighted by molar-refractivity contribution is 5.81. The zero-order chi connectivity index (χ0) is 17.6. The zero-order valence-corrected chi connectivity index (χ0v) is 14.3. The average Bonchev–Trinajstić information content (AvgIpc) is 2.66. The van der Waals surface area contributed by atoms with Crippen molar-refractivity contribution >= 4 is 28.7 Å². The Bertz CT molecular complexity index is 798. The molecule has 0 spiro atoms. The first-order valence-electron chi connectivity index (χ1n) is 8.08. The lowest BCUT2D eigenvalue weighted by Crippen LogP contribution is -2.06. The molecule has 128 valence electrons. The van der Waals surface area contributed by atoms with Crippen LogP contribution in [-0.2, 0) is 6.42 Å². The van der Waals surface area contributed by atoms with E-state index in [-0.39, 0.29) is 0 Å². The molecule has 0 radical (unpaired) electrons. The Kier molecular flexibility index (Phi) is 4.99. The van der Waals surface area contributed by atoms with Gasteiger partial charge in [-0.2, -0.15) is 0 Å². The second-order valence-corrected chi connectivity index (χ2v) is 5.45. The highest BCUT2D eigenvalue weighted by Gasteiger charge is 2.11. The Balaban J connectivity index is 1.90. The molecule has 0 saturated heterocycles. The van der Waals surface area contributed by atoms with Crippen LogP contribution < -0.4 is 21.1 Å². The minimum Gasteiger partial charge on any atom is -0.495 e. The molecule has 2 aromatic carbocycles. The van der Waals surface area contributed by atoms with Gasteiger partial charge in [0.05, 0.1) is 12.8 Å². The van der Waals surface area contributed by atoms with Crippen molar-refractivity contribution in [3.05, 3.63) is 60.4 Å². The number of nitrogens with zero attached hydrogens (tertiary/aromatic N) is 2. The molecular weight excluding hydrogens is 314 g/mol. The van der Waals surface area contributed by atoms with Crippen LogP contribution in [0.3, 0.4) is 0 Å². The number of anilines is 5. The van der Waals surface area contributed by atoms with Gasteiger partial charge in [-0.1, -0.05) is 37.3 Å². The van der Waals surface area contributed by atoms with Crippen LogP contribution in [-0.4, -0.2) is 17.1 Å². The zero-order valence-electron chi connectivity index (χ0n) is 14.3. The SMILES string of the molecule is CCc1ccccc1Nc1ncnc(Nc2ccccc2OC)c1N. The topological polar surface area (TPSA) is 85.1 Å². The molecule has 1 aromatic heterocycles. The lowest BCUT2D eigenvalue weighted by molar-refractivity contribution is 0.417. The van der Waals surface area contributed by atoms with Gasteiger partial charge in [-0.15, -0.1) is 0 Å². The molecule has 0 aliphatic carbocycles. The Labute approximate surface area is 147 Å². The van der Waals surface area contributed by atoms with Crippen LogP contribution in [0.1, 0.15) is 12.5 Å². The van der Waals surface area contributed by atoms with Crippen LogP contribution >= 0.6 is 0 Å². The smallest absolute Gasteiger partial charge is 0.159 e. The van der Waals surface area contributed by atoms with E-state index in [1.54, 1.807) is 7.11 Å². The van der Waals surface area contributed by atoms with Gasteiger partial charge in [0.15, 0.2) is 11.6 Å². The number of hydrogen-bond donors (Lipinski definition) is 3. The third kappa shape index (κ3) is 3.63. The molecule has 0 fully saturated rings. The van der Waals surface area contributed by atoms with Crippen LogP contribution in [0.4, 0.5) is 28.7 Å². The van der Waals surface area contributed by atoms with E-state index >= 15 is 0 Å². The maximum atomic E-state index is 6.27. The van der Waals surface area contributed by atoms with Crippen molar-refractivity contribution in [3.8, 4) is 5.75 Å². The predicted octanol–water partition coefficient (Wildman–Crippen LogP) is 4.12. The van der Waals surface area contributed by atoms with Crippen LogP contribution in [0.25, 0.3) is 0 Å². The van der Waals surface area contributed by atoms with Gasteiger partial charge in [0.2, 0.25) is 0 Å². The van der Waals surface area contributed by atoms with E-state index in [1.807, 2.05) is 42.5 Å². The number of nitrogen functional groups attached to an aromatic ring is 1. The molecule has 6 nitrogen and oxygen atoms in total. The summed E-state index contributed by atoms with van der Waals surface area (Å²) in [6.07, 6.45) is 2.39. The molecule has 3 rings (SSSR count). The van der Waals surface area contributed by atoms with Crippen molar-refractivity contribution in [2.75, 3.05) is 23.5 Å². The first-order chi connectivity index (χ1) is 12.2. The lowest BCUT2D eigenvalue weighted by Gasteiger charge is -2.15. The molecule has 0 aliphatic rings. The Morgan fingerprint density at radius 2 is 1.52 bits per heavy atom. The summed E-state index contributed by atoms with van der Waals surface area (Å²) in [6, 6.07) is 15.7. The number of nitrogens with two attached hydrogens (primary N) is 1. The number of aryl methyl sites for hydroxylation is 1. The monoisotopic (exact) mass is 335 g/mol. The fourth-order valence-electron chi connectivity index (χ4n) is 2.55. The van der Waals surface area contributed by atoms with Crippen molar-refractivity contribution in [1.82, 2.24) is 9.97 Å². The fourth-order valence-corrected chi connectivity index (χ4v) is 2.55. The van der Waals surface area contributed by atoms with Gasteiger partial charge in [-0.3, -0.25) is 0 Å². The summed E-state index contributed by atoms with van der Waals surface area (Å²) in [5.41, 5.74) is 9.68. The quantitative estimate of drug-likeness (QED) is 0.628. The number of nitrogens with one attached hydrogen (secondary N) is 2. The number of rotatable bonds is 6.